The summed E-state index contributed by atoms with van der Waals surface area (Å²) in [5, 5.41) is 4.27. The summed E-state index contributed by atoms with van der Waals surface area (Å²) in [7, 11) is 0. The maximum Gasteiger partial charge on any atom is 0.130 e. The van der Waals surface area contributed by atoms with Gasteiger partial charge in [0.15, 0.2) is 0 Å². The number of aromatic nitrogens is 2. The smallest absolute Gasteiger partial charge is 0.130 e. The number of rotatable bonds is 7. The van der Waals surface area contributed by atoms with Crippen LogP contribution in [0.4, 0.5) is 5.82 Å². The maximum atomic E-state index is 5.42. The Bertz CT molecular complexity index is 280. The number of nitrogens with two attached hydrogens (primary N) is 1. The molecule has 1 heterocycles. The summed E-state index contributed by atoms with van der Waals surface area (Å²) >= 11 is 1.62. The third-order valence-corrected chi connectivity index (χ3v) is 2.68. The average molecular weight is 226 g/mol. The second-order valence-corrected chi connectivity index (χ2v) is 4.05. The molecule has 3 N–H and O–H groups in total. The Morgan fingerprint density at radius 2 is 2.20 bits per heavy atom. The average Bonchev–Trinajstić information content (AvgIpc) is 2.29. The molecule has 0 saturated carbocycles. The van der Waals surface area contributed by atoms with Gasteiger partial charge in [-0.05, 0) is 25.6 Å². The van der Waals surface area contributed by atoms with Gasteiger partial charge >= 0.3 is 0 Å². The molecular formula is C10H18N4S. The minimum absolute atomic E-state index is 0.782. The van der Waals surface area contributed by atoms with Gasteiger partial charge in [-0.3, -0.25) is 0 Å². The molecule has 0 atom stereocenters. The van der Waals surface area contributed by atoms with Gasteiger partial charge in [-0.1, -0.05) is 6.42 Å². The zero-order chi connectivity index (χ0) is 10.9. The van der Waals surface area contributed by atoms with E-state index >= 15 is 0 Å². The highest BCUT2D eigenvalue weighted by Crippen LogP contribution is 2.13. The van der Waals surface area contributed by atoms with Crippen molar-refractivity contribution in [2.45, 2.75) is 24.3 Å². The maximum absolute atomic E-state index is 5.42. The first-order valence-electron chi connectivity index (χ1n) is 5.17. The molecule has 1 aromatic rings. The zero-order valence-electron chi connectivity index (χ0n) is 9.07. The summed E-state index contributed by atoms with van der Waals surface area (Å²) in [6, 6.07) is 1.97. The van der Waals surface area contributed by atoms with Gasteiger partial charge in [0.1, 0.15) is 17.2 Å². The number of thioether (sulfide) groups is 1. The van der Waals surface area contributed by atoms with Crippen LogP contribution in [0.5, 0.6) is 0 Å². The summed E-state index contributed by atoms with van der Waals surface area (Å²) in [5.74, 6) is 0.905. The lowest BCUT2D eigenvalue weighted by Gasteiger charge is -2.05. The second-order valence-electron chi connectivity index (χ2n) is 3.22. The van der Waals surface area contributed by atoms with E-state index < -0.39 is 0 Å². The van der Waals surface area contributed by atoms with Crippen LogP contribution in [0.3, 0.4) is 0 Å². The van der Waals surface area contributed by atoms with E-state index in [0.717, 1.165) is 36.8 Å². The van der Waals surface area contributed by atoms with Gasteiger partial charge in [0.2, 0.25) is 0 Å². The molecule has 0 aromatic carbocycles. The van der Waals surface area contributed by atoms with Gasteiger partial charge in [0.05, 0.1) is 0 Å². The Labute approximate surface area is 95.1 Å². The molecule has 0 aliphatic carbocycles. The predicted octanol–water partition coefficient (Wildman–Crippen LogP) is 1.74. The van der Waals surface area contributed by atoms with Gasteiger partial charge in [0.25, 0.3) is 0 Å². The van der Waals surface area contributed by atoms with E-state index in [-0.39, 0.29) is 0 Å². The molecule has 0 fully saturated rings. The standard InChI is InChI=1S/C10H18N4S/c1-15-10-7-9(13-8-14-10)12-6-4-2-3-5-11/h7-8H,2-6,11H2,1H3,(H,12,13,14). The zero-order valence-corrected chi connectivity index (χ0v) is 9.89. The molecular weight excluding hydrogens is 208 g/mol. The molecule has 0 bridgehead atoms. The summed E-state index contributed by atoms with van der Waals surface area (Å²) < 4.78 is 0. The van der Waals surface area contributed by atoms with Crippen molar-refractivity contribution < 1.29 is 0 Å². The lowest BCUT2D eigenvalue weighted by molar-refractivity contribution is 0.706. The first-order valence-corrected chi connectivity index (χ1v) is 6.39. The summed E-state index contributed by atoms with van der Waals surface area (Å²) in [6.07, 6.45) is 7.00. The molecule has 0 aliphatic rings. The number of unbranched alkanes of at least 4 members (excludes halogenated alkanes) is 2. The fraction of sp³-hybridized carbons (Fsp3) is 0.600. The van der Waals surface area contributed by atoms with Crippen molar-refractivity contribution in [2.24, 2.45) is 5.73 Å². The second kappa shape index (κ2) is 7.48. The Balaban J connectivity index is 2.24. The number of nitrogens with zero attached hydrogens (tertiary/aromatic N) is 2. The molecule has 0 aliphatic heterocycles. The SMILES string of the molecule is CSc1cc(NCCCCCN)ncn1. The normalized spacial score (nSPS) is 10.3. The molecule has 0 spiro atoms. The van der Waals surface area contributed by atoms with Crippen LogP contribution in [0, 0.1) is 0 Å². The first-order chi connectivity index (χ1) is 7.36. The molecule has 0 unspecified atom stereocenters. The van der Waals surface area contributed by atoms with E-state index in [1.165, 1.54) is 6.42 Å². The van der Waals surface area contributed by atoms with Crippen LogP contribution in [-0.4, -0.2) is 29.3 Å². The summed E-state index contributed by atoms with van der Waals surface area (Å²) in [5.41, 5.74) is 5.42. The highest BCUT2D eigenvalue weighted by atomic mass is 32.2. The van der Waals surface area contributed by atoms with Crippen LogP contribution in [0.2, 0.25) is 0 Å². The van der Waals surface area contributed by atoms with Crippen LogP contribution in [0.1, 0.15) is 19.3 Å². The van der Waals surface area contributed by atoms with Crippen LogP contribution in [0.25, 0.3) is 0 Å². The number of anilines is 1. The highest BCUT2D eigenvalue weighted by Gasteiger charge is 1.96. The predicted molar refractivity (Wildman–Crippen MR) is 65.2 cm³/mol. The molecule has 1 rings (SSSR count). The fourth-order valence-corrected chi connectivity index (χ4v) is 1.59. The third kappa shape index (κ3) is 4.99. The molecule has 1 aromatic heterocycles. The van der Waals surface area contributed by atoms with E-state index in [9.17, 15) is 0 Å². The van der Waals surface area contributed by atoms with Gasteiger partial charge in [-0.25, -0.2) is 9.97 Å². The van der Waals surface area contributed by atoms with Gasteiger partial charge in [0, 0.05) is 12.6 Å². The molecule has 84 valence electrons. The lowest BCUT2D eigenvalue weighted by Crippen LogP contribution is -2.05. The van der Waals surface area contributed by atoms with E-state index in [2.05, 4.69) is 15.3 Å². The highest BCUT2D eigenvalue weighted by molar-refractivity contribution is 7.98. The van der Waals surface area contributed by atoms with Crippen molar-refractivity contribution in [3.63, 3.8) is 0 Å². The number of hydrogen-bond acceptors (Lipinski definition) is 5. The molecule has 4 nitrogen and oxygen atoms in total. The van der Waals surface area contributed by atoms with Gasteiger partial charge < -0.3 is 11.1 Å². The fourth-order valence-electron chi connectivity index (χ4n) is 1.21. The molecule has 15 heavy (non-hydrogen) atoms. The number of hydrogen-bond donors (Lipinski definition) is 2. The lowest BCUT2D eigenvalue weighted by atomic mass is 10.2. The van der Waals surface area contributed by atoms with Crippen LogP contribution >= 0.6 is 11.8 Å². The van der Waals surface area contributed by atoms with E-state index in [0.29, 0.717) is 0 Å². The summed E-state index contributed by atoms with van der Waals surface area (Å²) in [4.78, 5) is 8.26. The van der Waals surface area contributed by atoms with E-state index in [4.69, 9.17) is 5.73 Å². The van der Waals surface area contributed by atoms with E-state index in [1.54, 1.807) is 18.1 Å². The number of nitrogens with one attached hydrogen (secondary N) is 1. The van der Waals surface area contributed by atoms with Crippen LogP contribution in [-0.2, 0) is 0 Å². The first kappa shape index (κ1) is 12.3. The van der Waals surface area contributed by atoms with Crippen molar-refractivity contribution in [1.29, 1.82) is 0 Å². The Morgan fingerprint density at radius 1 is 1.33 bits per heavy atom. The third-order valence-electron chi connectivity index (χ3n) is 2.04. The van der Waals surface area contributed by atoms with E-state index in [1.807, 2.05) is 12.3 Å². The Kier molecular flexibility index (Phi) is 6.11. The van der Waals surface area contributed by atoms with Crippen molar-refractivity contribution in [1.82, 2.24) is 9.97 Å². The minimum Gasteiger partial charge on any atom is -0.370 e. The quantitative estimate of drug-likeness (QED) is 0.421. The molecule has 5 heteroatoms. The Morgan fingerprint density at radius 3 is 2.93 bits per heavy atom. The largest absolute Gasteiger partial charge is 0.370 e. The Hall–Kier alpha value is -0.810. The minimum atomic E-state index is 0.782. The van der Waals surface area contributed by atoms with Gasteiger partial charge in [-0.15, -0.1) is 11.8 Å². The molecule has 0 amide bonds. The monoisotopic (exact) mass is 226 g/mol. The van der Waals surface area contributed by atoms with Crippen molar-refractivity contribution in [3.8, 4) is 0 Å². The van der Waals surface area contributed by atoms with Crippen molar-refractivity contribution in [2.75, 3.05) is 24.7 Å². The topological polar surface area (TPSA) is 63.8 Å². The summed E-state index contributed by atoms with van der Waals surface area (Å²) in [6.45, 7) is 1.73. The van der Waals surface area contributed by atoms with Crippen molar-refractivity contribution in [3.05, 3.63) is 12.4 Å². The molecule has 0 saturated heterocycles. The molecule has 0 radical (unpaired) electrons. The van der Waals surface area contributed by atoms with Gasteiger partial charge in [-0.2, -0.15) is 0 Å². The van der Waals surface area contributed by atoms with Crippen LogP contribution < -0.4 is 11.1 Å². The van der Waals surface area contributed by atoms with Crippen LogP contribution in [0.15, 0.2) is 17.4 Å². The van der Waals surface area contributed by atoms with Crippen molar-refractivity contribution >= 4 is 17.6 Å².